The summed E-state index contributed by atoms with van der Waals surface area (Å²) in [5, 5.41) is 0. The van der Waals surface area contributed by atoms with Crippen LogP contribution >= 0.6 is 34.8 Å². The van der Waals surface area contributed by atoms with Crippen LogP contribution in [-0.4, -0.2) is 36.3 Å². The van der Waals surface area contributed by atoms with Crippen LogP contribution in [0.4, 0.5) is 11.4 Å². The summed E-state index contributed by atoms with van der Waals surface area (Å²) in [7, 11) is 0. The molecular weight excluding hydrogens is 587 g/mol. The van der Waals surface area contributed by atoms with Crippen LogP contribution in [0.15, 0.2) is 55.1 Å². The molecule has 1 aliphatic rings. The molecule has 1 fully saturated rings. The molecule has 1 aliphatic heterocycles. The topological polar surface area (TPSA) is 24.9 Å². The maximum Gasteiger partial charge on any atom is 0.228 e. The number of nitrogens with zero attached hydrogens (tertiary/aromatic N) is 2. The molecule has 0 aliphatic carbocycles. The van der Waals surface area contributed by atoms with Crippen LogP contribution in [0.25, 0.3) is 6.08 Å². The summed E-state index contributed by atoms with van der Waals surface area (Å²) < 4.78 is 10.5. The van der Waals surface area contributed by atoms with Crippen molar-refractivity contribution >= 4 is 52.3 Å². The summed E-state index contributed by atoms with van der Waals surface area (Å²) in [5.41, 5.74) is 9.18. The Balaban J connectivity index is 1.33. The predicted molar refractivity (Wildman–Crippen MR) is 181 cm³/mol. The van der Waals surface area contributed by atoms with Crippen molar-refractivity contribution in [3.8, 4) is 11.5 Å². The van der Waals surface area contributed by atoms with Gasteiger partial charge in [0.1, 0.15) is 11.5 Å². The van der Waals surface area contributed by atoms with Gasteiger partial charge in [0.15, 0.2) is 6.17 Å². The first-order chi connectivity index (χ1) is 20.0. The molecule has 1 saturated heterocycles. The SMILES string of the molecule is C=Cc1ccc(OCCCCCCOc2cc(C)c(N3CCN(c4c(C)cc(C)cc4C)C3C(Cl)(Cl)Cl)c(C)c2)cc1. The van der Waals surface area contributed by atoms with Crippen molar-refractivity contribution in [2.24, 2.45) is 0 Å². The second-order valence-electron chi connectivity index (χ2n) is 11.3. The van der Waals surface area contributed by atoms with Crippen molar-refractivity contribution in [1.29, 1.82) is 0 Å². The van der Waals surface area contributed by atoms with Crippen LogP contribution in [0.1, 0.15) is 59.1 Å². The van der Waals surface area contributed by atoms with E-state index in [4.69, 9.17) is 44.3 Å². The Morgan fingerprint density at radius 2 is 1.17 bits per heavy atom. The van der Waals surface area contributed by atoms with Gasteiger partial charge in [-0.25, -0.2) is 0 Å². The highest BCUT2D eigenvalue weighted by atomic mass is 35.6. The van der Waals surface area contributed by atoms with Crippen LogP contribution in [-0.2, 0) is 0 Å². The van der Waals surface area contributed by atoms with Gasteiger partial charge in [-0.15, -0.1) is 0 Å². The minimum absolute atomic E-state index is 0.428. The van der Waals surface area contributed by atoms with Crippen molar-refractivity contribution in [2.75, 3.05) is 36.1 Å². The van der Waals surface area contributed by atoms with Crippen molar-refractivity contribution in [2.45, 2.75) is 70.3 Å². The first kappa shape index (κ1) is 32.4. The zero-order valence-electron chi connectivity index (χ0n) is 25.5. The summed E-state index contributed by atoms with van der Waals surface area (Å²) >= 11 is 20.1. The first-order valence-corrected chi connectivity index (χ1v) is 15.9. The number of alkyl halides is 3. The van der Waals surface area contributed by atoms with Gasteiger partial charge in [-0.2, -0.15) is 0 Å². The van der Waals surface area contributed by atoms with Crippen LogP contribution in [0, 0.1) is 34.6 Å². The van der Waals surface area contributed by atoms with E-state index in [2.05, 4.69) is 75.3 Å². The van der Waals surface area contributed by atoms with Gasteiger partial charge in [0.05, 0.1) is 13.2 Å². The number of benzene rings is 3. The average molecular weight is 630 g/mol. The highest BCUT2D eigenvalue weighted by molar-refractivity contribution is 6.68. The summed E-state index contributed by atoms with van der Waals surface area (Å²) in [6.45, 7) is 17.3. The largest absolute Gasteiger partial charge is 0.494 e. The van der Waals surface area contributed by atoms with Gasteiger partial charge in [-0.3, -0.25) is 0 Å². The van der Waals surface area contributed by atoms with E-state index in [1.165, 1.54) is 16.7 Å². The molecule has 3 aromatic carbocycles. The first-order valence-electron chi connectivity index (χ1n) is 14.8. The fraction of sp³-hybridized carbons (Fsp3) is 0.429. The molecule has 0 bridgehead atoms. The molecule has 1 unspecified atom stereocenters. The monoisotopic (exact) mass is 628 g/mol. The van der Waals surface area contributed by atoms with E-state index in [1.807, 2.05) is 30.3 Å². The van der Waals surface area contributed by atoms with Crippen LogP contribution in [0.2, 0.25) is 0 Å². The van der Waals surface area contributed by atoms with Gasteiger partial charge in [0.2, 0.25) is 3.79 Å². The Bertz CT molecular complexity index is 1320. The van der Waals surface area contributed by atoms with Crippen LogP contribution < -0.4 is 19.3 Å². The molecule has 4 rings (SSSR count). The van der Waals surface area contributed by atoms with Gasteiger partial charge in [-0.05, 0) is 112 Å². The zero-order chi connectivity index (χ0) is 30.4. The van der Waals surface area contributed by atoms with E-state index in [-0.39, 0.29) is 0 Å². The molecular formula is C35H43Cl3N2O2. The predicted octanol–water partition coefficient (Wildman–Crippen LogP) is 9.91. The van der Waals surface area contributed by atoms with E-state index in [9.17, 15) is 0 Å². The number of halogens is 3. The lowest BCUT2D eigenvalue weighted by Crippen LogP contribution is -2.49. The number of hydrogen-bond donors (Lipinski definition) is 0. The standard InChI is InChI=1S/C35H43Cl3N2O2/c1-7-29-12-14-30(15-13-29)41-18-10-8-9-11-19-42-31-22-27(5)33(28(6)23-31)40-17-16-39(34(40)35(36,37)38)32-25(3)20-24(2)21-26(32)4/h7,12-15,20-23,34H,1,8-11,16-19H2,2-6H3. The molecule has 7 heteroatoms. The third kappa shape index (κ3) is 7.89. The summed E-state index contributed by atoms with van der Waals surface area (Å²) in [6, 6.07) is 16.6. The maximum absolute atomic E-state index is 6.68. The van der Waals surface area contributed by atoms with E-state index < -0.39 is 9.96 Å². The smallest absolute Gasteiger partial charge is 0.228 e. The Hall–Kier alpha value is -2.53. The average Bonchev–Trinajstić information content (AvgIpc) is 3.34. The lowest BCUT2D eigenvalue weighted by atomic mass is 10.0. The molecule has 0 spiro atoms. The second kappa shape index (κ2) is 14.3. The van der Waals surface area contributed by atoms with Gasteiger partial charge < -0.3 is 19.3 Å². The molecule has 226 valence electrons. The minimum Gasteiger partial charge on any atom is -0.494 e. The summed E-state index contributed by atoms with van der Waals surface area (Å²) in [5.74, 6) is 1.78. The van der Waals surface area contributed by atoms with Crippen molar-refractivity contribution in [3.05, 3.63) is 88.5 Å². The lowest BCUT2D eigenvalue weighted by molar-refractivity contribution is 0.287. The molecule has 42 heavy (non-hydrogen) atoms. The minimum atomic E-state index is -1.50. The molecule has 4 nitrogen and oxygen atoms in total. The number of rotatable bonds is 12. The van der Waals surface area contributed by atoms with Crippen molar-refractivity contribution in [3.63, 3.8) is 0 Å². The molecule has 1 atom stereocenters. The Morgan fingerprint density at radius 1 is 0.714 bits per heavy atom. The number of anilines is 2. The van der Waals surface area contributed by atoms with Crippen LogP contribution in [0.3, 0.4) is 0 Å². The number of aryl methyl sites for hydroxylation is 5. The number of hydrogen-bond acceptors (Lipinski definition) is 4. The maximum atomic E-state index is 6.68. The molecule has 0 amide bonds. The third-order valence-electron chi connectivity index (χ3n) is 7.83. The van der Waals surface area contributed by atoms with Gasteiger partial charge in [0.25, 0.3) is 0 Å². The summed E-state index contributed by atoms with van der Waals surface area (Å²) in [6.07, 6.45) is 5.63. The van der Waals surface area contributed by atoms with E-state index in [0.29, 0.717) is 6.61 Å². The fourth-order valence-corrected chi connectivity index (χ4v) is 6.87. The number of ether oxygens (including phenoxy) is 2. The normalized spacial score (nSPS) is 15.3. The highest BCUT2D eigenvalue weighted by Gasteiger charge is 2.47. The molecule has 0 radical (unpaired) electrons. The Labute approximate surface area is 267 Å². The Kier molecular flexibility index (Phi) is 11.0. The van der Waals surface area contributed by atoms with Crippen molar-refractivity contribution in [1.82, 2.24) is 0 Å². The van der Waals surface area contributed by atoms with Crippen molar-refractivity contribution < 1.29 is 9.47 Å². The van der Waals surface area contributed by atoms with E-state index in [1.54, 1.807) is 0 Å². The number of unbranched alkanes of at least 4 members (excludes halogenated alkanes) is 3. The molecule has 3 aromatic rings. The molecule has 0 saturated carbocycles. The Morgan fingerprint density at radius 3 is 1.62 bits per heavy atom. The highest BCUT2D eigenvalue weighted by Crippen LogP contribution is 2.45. The van der Waals surface area contributed by atoms with E-state index >= 15 is 0 Å². The van der Waals surface area contributed by atoms with Gasteiger partial charge >= 0.3 is 0 Å². The molecule has 1 heterocycles. The zero-order valence-corrected chi connectivity index (χ0v) is 27.8. The fourth-order valence-electron chi connectivity index (χ4n) is 6.17. The van der Waals surface area contributed by atoms with E-state index in [0.717, 1.165) is 84.9 Å². The third-order valence-corrected chi connectivity index (χ3v) is 8.42. The van der Waals surface area contributed by atoms with Gasteiger partial charge in [0, 0.05) is 24.5 Å². The second-order valence-corrected chi connectivity index (χ2v) is 13.7. The van der Waals surface area contributed by atoms with Crippen LogP contribution in [0.5, 0.6) is 11.5 Å². The van der Waals surface area contributed by atoms with Gasteiger partial charge in [-0.1, -0.05) is 77.3 Å². The summed E-state index contributed by atoms with van der Waals surface area (Å²) in [4.78, 5) is 4.50. The molecule has 0 aromatic heterocycles. The molecule has 0 N–H and O–H groups in total. The lowest BCUT2D eigenvalue weighted by Gasteiger charge is -2.39. The quantitative estimate of drug-likeness (QED) is 0.147.